The van der Waals surface area contributed by atoms with Crippen molar-refractivity contribution in [3.8, 4) is 16.9 Å². The molecule has 0 unspecified atom stereocenters. The van der Waals surface area contributed by atoms with Crippen molar-refractivity contribution in [1.82, 2.24) is 4.98 Å². The fraction of sp³-hybridized carbons (Fsp3) is 0.259. The Hall–Kier alpha value is -3.64. The Bertz CT molecular complexity index is 1390. The van der Waals surface area contributed by atoms with Crippen molar-refractivity contribution in [3.63, 3.8) is 0 Å². The Morgan fingerprint density at radius 3 is 2.64 bits per heavy atom. The number of aliphatic carboxylic acids is 1. The van der Waals surface area contributed by atoms with Gasteiger partial charge in [0.15, 0.2) is 6.10 Å². The van der Waals surface area contributed by atoms with Crippen LogP contribution in [0.15, 0.2) is 54.7 Å². The molecule has 5 rings (SSSR count). The normalized spacial score (nSPS) is 14.3. The van der Waals surface area contributed by atoms with E-state index in [0.717, 1.165) is 45.0 Å². The van der Waals surface area contributed by atoms with E-state index < -0.39 is 17.7 Å². The first-order valence-electron chi connectivity index (χ1n) is 11.0. The third kappa shape index (κ3) is 3.66. The van der Waals surface area contributed by atoms with Crippen molar-refractivity contribution < 1.29 is 19.4 Å². The van der Waals surface area contributed by atoms with E-state index in [4.69, 9.17) is 20.2 Å². The summed E-state index contributed by atoms with van der Waals surface area (Å²) in [5.41, 5.74) is 10.3. The van der Waals surface area contributed by atoms with Gasteiger partial charge in [0, 0.05) is 40.2 Å². The summed E-state index contributed by atoms with van der Waals surface area (Å²) in [6.45, 7) is 6.15. The highest BCUT2D eigenvalue weighted by atomic mass is 16.5. The van der Waals surface area contributed by atoms with E-state index in [9.17, 15) is 9.90 Å². The van der Waals surface area contributed by atoms with Gasteiger partial charge in [-0.3, -0.25) is 4.98 Å². The van der Waals surface area contributed by atoms with Crippen molar-refractivity contribution in [2.24, 2.45) is 0 Å². The predicted octanol–water partition coefficient (Wildman–Crippen LogP) is 5.51. The molecule has 0 bridgehead atoms. The third-order valence-electron chi connectivity index (χ3n) is 5.92. The maximum Gasteiger partial charge on any atom is 0.337 e. The molecule has 0 aliphatic carbocycles. The zero-order chi connectivity index (χ0) is 23.3. The predicted molar refractivity (Wildman–Crippen MR) is 130 cm³/mol. The van der Waals surface area contributed by atoms with Gasteiger partial charge in [0.2, 0.25) is 0 Å². The van der Waals surface area contributed by atoms with E-state index in [1.54, 1.807) is 12.3 Å². The molecule has 2 heterocycles. The van der Waals surface area contributed by atoms with Gasteiger partial charge in [0.05, 0.1) is 17.7 Å². The molecule has 3 aromatic carbocycles. The van der Waals surface area contributed by atoms with Crippen LogP contribution >= 0.6 is 0 Å². The molecule has 0 spiro atoms. The second-order valence-corrected chi connectivity index (χ2v) is 9.33. The molecule has 3 N–H and O–H groups in total. The van der Waals surface area contributed by atoms with Crippen molar-refractivity contribution >= 4 is 33.3 Å². The van der Waals surface area contributed by atoms with Gasteiger partial charge < -0.3 is 20.3 Å². The fourth-order valence-corrected chi connectivity index (χ4v) is 4.64. The lowest BCUT2D eigenvalue weighted by atomic mass is 9.87. The Labute approximate surface area is 192 Å². The first-order valence-corrected chi connectivity index (χ1v) is 11.0. The summed E-state index contributed by atoms with van der Waals surface area (Å²) in [6, 6.07) is 15.4. The highest BCUT2D eigenvalue weighted by Crippen LogP contribution is 2.45. The van der Waals surface area contributed by atoms with Crippen LogP contribution in [-0.2, 0) is 16.0 Å². The van der Waals surface area contributed by atoms with E-state index >= 15 is 0 Å². The molecule has 1 aliphatic heterocycles. The summed E-state index contributed by atoms with van der Waals surface area (Å²) in [5, 5.41) is 12.9. The van der Waals surface area contributed by atoms with Gasteiger partial charge >= 0.3 is 5.97 Å². The topological polar surface area (TPSA) is 94.7 Å². The second-order valence-electron chi connectivity index (χ2n) is 9.33. The number of ether oxygens (including phenoxy) is 2. The second kappa shape index (κ2) is 7.74. The number of fused-ring (bicyclic) bond motifs is 1. The van der Waals surface area contributed by atoms with Crippen molar-refractivity contribution in [2.75, 3.05) is 12.3 Å². The molecular weight excluding hydrogens is 416 g/mol. The minimum atomic E-state index is -1.20. The number of hydrogen-bond acceptors (Lipinski definition) is 5. The standard InChI is InChI=1S/C27H26N2O4/c1-27(2,3)33-25(26(30)31)19-14-20(28)16-6-4-5-7-17(16)23(19)18-8-9-21-22-15(11-13-32-21)10-12-29-24(18)22/h4-10,12,14,25H,11,13,28H2,1-3H3,(H,30,31)/t25-/m0/s1. The number of anilines is 1. The summed E-state index contributed by atoms with van der Waals surface area (Å²) in [6.07, 6.45) is 1.40. The van der Waals surface area contributed by atoms with Crippen LogP contribution in [0.25, 0.3) is 32.8 Å². The maximum absolute atomic E-state index is 12.4. The van der Waals surface area contributed by atoms with Gasteiger partial charge in [-0.25, -0.2) is 4.79 Å². The lowest BCUT2D eigenvalue weighted by molar-refractivity contribution is -0.160. The number of carboxylic acid groups (broad SMARTS) is 1. The van der Waals surface area contributed by atoms with Crippen LogP contribution in [0.5, 0.6) is 5.75 Å². The average molecular weight is 443 g/mol. The van der Waals surface area contributed by atoms with Gasteiger partial charge in [0.25, 0.3) is 0 Å². The van der Waals surface area contributed by atoms with Gasteiger partial charge in [0.1, 0.15) is 5.75 Å². The first kappa shape index (κ1) is 21.2. The molecule has 0 saturated heterocycles. The quantitative estimate of drug-likeness (QED) is 0.405. The fourth-order valence-electron chi connectivity index (χ4n) is 4.64. The molecule has 0 amide bonds. The van der Waals surface area contributed by atoms with Crippen molar-refractivity contribution in [2.45, 2.75) is 38.9 Å². The molecule has 0 radical (unpaired) electrons. The largest absolute Gasteiger partial charge is 0.493 e. The van der Waals surface area contributed by atoms with E-state index in [1.807, 2.05) is 63.2 Å². The minimum Gasteiger partial charge on any atom is -0.493 e. The number of carbonyl (C=O) groups is 1. The van der Waals surface area contributed by atoms with Crippen LogP contribution in [0.1, 0.15) is 38.0 Å². The summed E-state index contributed by atoms with van der Waals surface area (Å²) in [7, 11) is 0. The Balaban J connectivity index is 1.89. The molecule has 1 aliphatic rings. The van der Waals surface area contributed by atoms with E-state index in [-0.39, 0.29) is 0 Å². The molecule has 0 fully saturated rings. The molecule has 1 atom stereocenters. The highest BCUT2D eigenvalue weighted by Gasteiger charge is 2.31. The molecule has 33 heavy (non-hydrogen) atoms. The molecule has 6 heteroatoms. The number of pyridine rings is 1. The molecule has 4 aromatic rings. The summed E-state index contributed by atoms with van der Waals surface area (Å²) in [5.74, 6) is -0.273. The van der Waals surface area contributed by atoms with E-state index in [0.29, 0.717) is 17.9 Å². The van der Waals surface area contributed by atoms with Crippen LogP contribution in [0.3, 0.4) is 0 Å². The van der Waals surface area contributed by atoms with Crippen LogP contribution in [0.4, 0.5) is 5.69 Å². The van der Waals surface area contributed by atoms with E-state index in [2.05, 4.69) is 0 Å². The number of nitrogen functional groups attached to an aromatic ring is 1. The Morgan fingerprint density at radius 2 is 1.91 bits per heavy atom. The number of carboxylic acids is 1. The molecule has 0 saturated carbocycles. The Morgan fingerprint density at radius 1 is 1.15 bits per heavy atom. The van der Waals surface area contributed by atoms with E-state index in [1.165, 1.54) is 5.56 Å². The average Bonchev–Trinajstić information content (AvgIpc) is 2.78. The smallest absolute Gasteiger partial charge is 0.337 e. The van der Waals surface area contributed by atoms with Crippen LogP contribution in [0, 0.1) is 0 Å². The van der Waals surface area contributed by atoms with Crippen molar-refractivity contribution in [1.29, 1.82) is 0 Å². The maximum atomic E-state index is 12.4. The SMILES string of the molecule is CC(C)(C)O[C@H](C(=O)O)c1cc(N)c2ccccc2c1-c1ccc2c3c(ccnc13)CCO2. The third-order valence-corrected chi connectivity index (χ3v) is 5.92. The molecular formula is C27H26N2O4. The summed E-state index contributed by atoms with van der Waals surface area (Å²) >= 11 is 0. The minimum absolute atomic E-state index is 0.507. The van der Waals surface area contributed by atoms with Crippen LogP contribution < -0.4 is 10.5 Å². The van der Waals surface area contributed by atoms with Gasteiger partial charge in [-0.1, -0.05) is 24.3 Å². The number of hydrogen-bond donors (Lipinski definition) is 2. The first-order chi connectivity index (χ1) is 15.7. The van der Waals surface area contributed by atoms with Crippen LogP contribution in [-0.4, -0.2) is 28.3 Å². The van der Waals surface area contributed by atoms with Gasteiger partial charge in [-0.2, -0.15) is 0 Å². The lowest BCUT2D eigenvalue weighted by Gasteiger charge is -2.28. The van der Waals surface area contributed by atoms with Gasteiger partial charge in [-0.05, 0) is 61.5 Å². The number of aromatic nitrogens is 1. The zero-order valence-corrected chi connectivity index (χ0v) is 18.9. The highest BCUT2D eigenvalue weighted by molar-refractivity contribution is 6.11. The zero-order valence-electron chi connectivity index (χ0n) is 18.9. The molecule has 6 nitrogen and oxygen atoms in total. The number of benzene rings is 3. The Kier molecular flexibility index (Phi) is 4.98. The number of nitrogens with zero attached hydrogens (tertiary/aromatic N) is 1. The molecule has 1 aromatic heterocycles. The summed E-state index contributed by atoms with van der Waals surface area (Å²) < 4.78 is 11.9. The number of nitrogens with two attached hydrogens (primary N) is 1. The van der Waals surface area contributed by atoms with Crippen molar-refractivity contribution in [3.05, 3.63) is 65.9 Å². The summed E-state index contributed by atoms with van der Waals surface area (Å²) in [4.78, 5) is 17.1. The lowest BCUT2D eigenvalue weighted by Crippen LogP contribution is -2.27. The monoisotopic (exact) mass is 442 g/mol. The van der Waals surface area contributed by atoms with Gasteiger partial charge in [-0.15, -0.1) is 0 Å². The van der Waals surface area contributed by atoms with Crippen LogP contribution in [0.2, 0.25) is 0 Å². The number of rotatable bonds is 4. The molecule has 168 valence electrons.